The Morgan fingerprint density at radius 1 is 1.35 bits per heavy atom. The molecule has 0 radical (unpaired) electrons. The number of thiazole rings is 1. The summed E-state index contributed by atoms with van der Waals surface area (Å²) in [4.78, 5) is 16.4. The summed E-state index contributed by atoms with van der Waals surface area (Å²) in [6, 6.07) is 9.46. The number of rotatable bonds is 2. The average Bonchev–Trinajstić information content (AvgIpc) is 2.86. The predicted molar refractivity (Wildman–Crippen MR) is 71.5 cm³/mol. The van der Waals surface area contributed by atoms with E-state index in [1.807, 2.05) is 36.6 Å². The molecule has 0 bridgehead atoms. The summed E-state index contributed by atoms with van der Waals surface area (Å²) in [6.45, 7) is 0. The van der Waals surface area contributed by atoms with Crippen molar-refractivity contribution < 1.29 is 4.79 Å². The smallest absolute Gasteiger partial charge is 0.247 e. The van der Waals surface area contributed by atoms with Gasteiger partial charge in [-0.2, -0.15) is 0 Å². The van der Waals surface area contributed by atoms with Crippen LogP contribution in [0.3, 0.4) is 0 Å². The van der Waals surface area contributed by atoms with Gasteiger partial charge in [0.2, 0.25) is 5.78 Å². The van der Waals surface area contributed by atoms with Gasteiger partial charge in [-0.3, -0.25) is 4.79 Å². The van der Waals surface area contributed by atoms with E-state index in [0.29, 0.717) is 4.88 Å². The minimum Gasteiger partial charge on any atom is -0.278 e. The van der Waals surface area contributed by atoms with Gasteiger partial charge < -0.3 is 0 Å². The van der Waals surface area contributed by atoms with Crippen LogP contribution >= 0.6 is 23.1 Å². The van der Waals surface area contributed by atoms with Gasteiger partial charge in [0, 0.05) is 5.56 Å². The number of ketones is 1. The first-order chi connectivity index (χ1) is 8.29. The van der Waals surface area contributed by atoms with E-state index in [1.165, 1.54) is 23.1 Å². The van der Waals surface area contributed by atoms with Gasteiger partial charge in [-0.25, -0.2) is 4.98 Å². The second kappa shape index (κ2) is 5.67. The number of hydrogen-bond acceptors (Lipinski definition) is 4. The number of aromatic nitrogens is 1. The van der Waals surface area contributed by atoms with Gasteiger partial charge in [-0.05, 0) is 24.3 Å². The van der Waals surface area contributed by atoms with Gasteiger partial charge in [0.25, 0.3) is 0 Å². The number of Topliss-reactive ketones (excluding diaryl/α,β-unsaturated/α-hetero) is 1. The van der Waals surface area contributed by atoms with Crippen molar-refractivity contribution in [3.63, 3.8) is 0 Å². The van der Waals surface area contributed by atoms with Crippen LogP contribution in [0.4, 0.5) is 0 Å². The molecule has 0 saturated heterocycles. The highest BCUT2D eigenvalue weighted by Gasteiger charge is 2.07. The number of benzene rings is 1. The Morgan fingerprint density at radius 3 is 2.76 bits per heavy atom. The molecule has 0 amide bonds. The van der Waals surface area contributed by atoms with E-state index in [0.717, 1.165) is 9.90 Å². The van der Waals surface area contributed by atoms with Crippen molar-refractivity contribution in [1.29, 1.82) is 0 Å². The first-order valence-electron chi connectivity index (χ1n) is 4.91. The van der Waals surface area contributed by atoms with E-state index in [4.69, 9.17) is 0 Å². The summed E-state index contributed by atoms with van der Waals surface area (Å²) in [5.41, 5.74) is 0.843. The molecule has 0 fully saturated rings. The standard InChI is InChI=1S/C13H9NOS2/c1-16-13-14-9-12(17-13)11(15)8-7-10-5-3-2-4-6-10/h2-6,9H,1H3. The second-order valence-electron chi connectivity index (χ2n) is 3.14. The van der Waals surface area contributed by atoms with Crippen LogP contribution in [0, 0.1) is 11.8 Å². The summed E-state index contributed by atoms with van der Waals surface area (Å²) in [5.74, 6) is 5.29. The van der Waals surface area contributed by atoms with Crippen molar-refractivity contribution >= 4 is 28.9 Å². The molecule has 0 spiro atoms. The van der Waals surface area contributed by atoms with Crippen molar-refractivity contribution in [3.05, 3.63) is 47.0 Å². The third-order valence-corrected chi connectivity index (χ3v) is 3.97. The SMILES string of the molecule is CSc1ncc(C(=O)C#Cc2ccccc2)s1. The summed E-state index contributed by atoms with van der Waals surface area (Å²) >= 11 is 2.90. The molecule has 2 rings (SSSR count). The summed E-state index contributed by atoms with van der Waals surface area (Å²) < 4.78 is 0.884. The van der Waals surface area contributed by atoms with Crippen molar-refractivity contribution in [2.75, 3.05) is 6.26 Å². The normalized spacial score (nSPS) is 9.47. The zero-order valence-corrected chi connectivity index (χ0v) is 10.8. The first kappa shape index (κ1) is 11.9. The van der Waals surface area contributed by atoms with Crippen LogP contribution in [0.2, 0.25) is 0 Å². The number of hydrogen-bond donors (Lipinski definition) is 0. The Bertz CT molecular complexity index is 578. The molecule has 0 aliphatic rings. The Morgan fingerprint density at radius 2 is 2.12 bits per heavy atom. The Labute approximate surface area is 108 Å². The molecule has 1 aromatic carbocycles. The summed E-state index contributed by atoms with van der Waals surface area (Å²) in [5, 5.41) is 0. The molecule has 2 aromatic rings. The molecule has 84 valence electrons. The minimum atomic E-state index is -0.174. The van der Waals surface area contributed by atoms with Gasteiger partial charge in [-0.1, -0.05) is 35.9 Å². The fraction of sp³-hybridized carbons (Fsp3) is 0.0769. The molecule has 0 aliphatic carbocycles. The maximum Gasteiger partial charge on any atom is 0.247 e. The zero-order chi connectivity index (χ0) is 12.1. The summed E-state index contributed by atoms with van der Waals surface area (Å²) in [6.07, 6.45) is 3.52. The first-order valence-corrected chi connectivity index (χ1v) is 6.95. The van der Waals surface area contributed by atoms with E-state index in [2.05, 4.69) is 16.8 Å². The molecule has 0 aliphatic heterocycles. The maximum atomic E-state index is 11.7. The van der Waals surface area contributed by atoms with Crippen LogP contribution in [0.25, 0.3) is 0 Å². The van der Waals surface area contributed by atoms with E-state index >= 15 is 0 Å². The molecule has 0 atom stereocenters. The van der Waals surface area contributed by atoms with Gasteiger partial charge in [0.1, 0.15) is 9.22 Å². The highest BCUT2D eigenvalue weighted by atomic mass is 32.2. The molecule has 1 heterocycles. The van der Waals surface area contributed by atoms with Crippen molar-refractivity contribution in [2.45, 2.75) is 4.34 Å². The average molecular weight is 259 g/mol. The third kappa shape index (κ3) is 3.19. The molecule has 0 N–H and O–H groups in total. The van der Waals surface area contributed by atoms with Gasteiger partial charge in [-0.15, -0.1) is 11.3 Å². The molecular weight excluding hydrogens is 250 g/mol. The number of carbonyl (C=O) groups is 1. The molecule has 17 heavy (non-hydrogen) atoms. The van der Waals surface area contributed by atoms with Crippen LogP contribution < -0.4 is 0 Å². The van der Waals surface area contributed by atoms with Crippen LogP contribution in [0.1, 0.15) is 15.2 Å². The van der Waals surface area contributed by atoms with Crippen LogP contribution in [-0.4, -0.2) is 17.0 Å². The predicted octanol–water partition coefficient (Wildman–Crippen LogP) is 3.10. The Hall–Kier alpha value is -1.57. The van der Waals surface area contributed by atoms with E-state index < -0.39 is 0 Å². The van der Waals surface area contributed by atoms with Crippen molar-refractivity contribution in [1.82, 2.24) is 4.98 Å². The van der Waals surface area contributed by atoms with Gasteiger partial charge >= 0.3 is 0 Å². The lowest BCUT2D eigenvalue weighted by atomic mass is 10.2. The number of nitrogens with zero attached hydrogens (tertiary/aromatic N) is 1. The lowest BCUT2D eigenvalue weighted by Crippen LogP contribution is -1.90. The largest absolute Gasteiger partial charge is 0.278 e. The fourth-order valence-corrected chi connectivity index (χ4v) is 2.47. The highest BCUT2D eigenvalue weighted by Crippen LogP contribution is 2.21. The molecule has 0 unspecified atom stereocenters. The van der Waals surface area contributed by atoms with E-state index in [9.17, 15) is 4.79 Å². The fourth-order valence-electron chi connectivity index (χ4n) is 1.17. The number of thioether (sulfide) groups is 1. The number of carbonyl (C=O) groups excluding carboxylic acids is 1. The highest BCUT2D eigenvalue weighted by molar-refractivity contribution is 8.00. The molecule has 0 saturated carbocycles. The van der Waals surface area contributed by atoms with Gasteiger partial charge in [0.05, 0.1) is 6.20 Å². The van der Waals surface area contributed by atoms with E-state index in [1.54, 1.807) is 6.20 Å². The Kier molecular flexibility index (Phi) is 3.97. The summed E-state index contributed by atoms with van der Waals surface area (Å²) in [7, 11) is 0. The Balaban J connectivity index is 2.15. The molecular formula is C13H9NOS2. The lowest BCUT2D eigenvalue weighted by molar-refractivity contribution is 0.106. The minimum absolute atomic E-state index is 0.174. The second-order valence-corrected chi connectivity index (χ2v) is 5.22. The van der Waals surface area contributed by atoms with Gasteiger partial charge in [0.15, 0.2) is 0 Å². The van der Waals surface area contributed by atoms with Crippen LogP contribution in [-0.2, 0) is 0 Å². The third-order valence-electron chi connectivity index (χ3n) is 1.98. The molecule has 1 aromatic heterocycles. The zero-order valence-electron chi connectivity index (χ0n) is 9.14. The quantitative estimate of drug-likeness (QED) is 0.471. The topological polar surface area (TPSA) is 30.0 Å². The van der Waals surface area contributed by atoms with Crippen molar-refractivity contribution in [3.8, 4) is 11.8 Å². The van der Waals surface area contributed by atoms with Crippen LogP contribution in [0.15, 0.2) is 40.9 Å². The lowest BCUT2D eigenvalue weighted by Gasteiger charge is -1.86. The monoisotopic (exact) mass is 259 g/mol. The van der Waals surface area contributed by atoms with Crippen molar-refractivity contribution in [2.24, 2.45) is 0 Å². The van der Waals surface area contributed by atoms with Crippen LogP contribution in [0.5, 0.6) is 0 Å². The maximum absolute atomic E-state index is 11.7. The van der Waals surface area contributed by atoms with E-state index in [-0.39, 0.29) is 5.78 Å². The molecule has 4 heteroatoms. The molecule has 2 nitrogen and oxygen atoms in total.